The van der Waals surface area contributed by atoms with Gasteiger partial charge < -0.3 is 10.2 Å². The van der Waals surface area contributed by atoms with Gasteiger partial charge in [0.15, 0.2) is 0 Å². The molecule has 0 unspecified atom stereocenters. The van der Waals surface area contributed by atoms with Gasteiger partial charge in [0, 0.05) is 10.6 Å². The zero-order chi connectivity index (χ0) is 19.2. The van der Waals surface area contributed by atoms with Gasteiger partial charge in [0.2, 0.25) is 0 Å². The van der Waals surface area contributed by atoms with E-state index in [4.69, 9.17) is 26.6 Å². The highest BCUT2D eigenvalue weighted by Gasteiger charge is 2.38. The Bertz CT molecular complexity index is 780. The van der Waals surface area contributed by atoms with Gasteiger partial charge in [-0.3, -0.25) is 5.32 Å². The Morgan fingerprint density at radius 2 is 1.64 bits per heavy atom. The van der Waals surface area contributed by atoms with E-state index >= 15 is 0 Å². The zero-order valence-electron chi connectivity index (χ0n) is 12.1. The summed E-state index contributed by atoms with van der Waals surface area (Å²) in [6.07, 6.45) is -6.33. The number of anilines is 1. The zero-order valence-corrected chi connectivity index (χ0v) is 12.9. The maximum atomic E-state index is 13.1. The van der Waals surface area contributed by atoms with Crippen LogP contribution in [0, 0.1) is 5.82 Å². The van der Waals surface area contributed by atoms with Crippen LogP contribution in [0.5, 0.6) is 0 Å². The number of hydrogen-bond acceptors (Lipinski definition) is 2. The van der Waals surface area contributed by atoms with Crippen molar-refractivity contribution in [3.63, 3.8) is 0 Å². The van der Waals surface area contributed by atoms with E-state index in [9.17, 15) is 22.4 Å². The number of hydrogen-bond donors (Lipinski definition) is 3. The molecule has 0 spiro atoms. The van der Waals surface area contributed by atoms with E-state index in [1.165, 1.54) is 12.1 Å². The first kappa shape index (κ1) is 20.2. The molecular formula is C15H10ClF4NO4. The summed E-state index contributed by atoms with van der Waals surface area (Å²) in [6.45, 7) is 0. The number of aliphatic carboxylic acids is 1. The molecule has 0 fully saturated rings. The second-order valence-corrected chi connectivity index (χ2v) is 4.87. The maximum absolute atomic E-state index is 13.1. The van der Waals surface area contributed by atoms with Crippen molar-refractivity contribution >= 4 is 29.4 Å². The van der Waals surface area contributed by atoms with Gasteiger partial charge in [0.25, 0.3) is 0 Å². The molecule has 2 aromatic rings. The molecule has 2 rings (SSSR count). The highest BCUT2D eigenvalue weighted by atomic mass is 35.5. The van der Waals surface area contributed by atoms with Crippen LogP contribution < -0.4 is 5.32 Å². The first-order chi connectivity index (χ1) is 11.5. The Morgan fingerprint density at radius 3 is 2.12 bits per heavy atom. The van der Waals surface area contributed by atoms with Crippen LogP contribution in [0.25, 0.3) is 11.1 Å². The molecule has 1 amide bonds. The molecule has 0 saturated carbocycles. The van der Waals surface area contributed by atoms with Gasteiger partial charge >= 0.3 is 18.2 Å². The predicted molar refractivity (Wildman–Crippen MR) is 82.2 cm³/mol. The van der Waals surface area contributed by atoms with Gasteiger partial charge in [-0.1, -0.05) is 23.7 Å². The molecule has 0 heterocycles. The molecule has 2 aromatic carbocycles. The highest BCUT2D eigenvalue weighted by molar-refractivity contribution is 6.30. The van der Waals surface area contributed by atoms with E-state index in [2.05, 4.69) is 5.32 Å². The van der Waals surface area contributed by atoms with Gasteiger partial charge in [0.05, 0.1) is 5.69 Å². The molecule has 0 aliphatic heterocycles. The fourth-order valence-corrected chi connectivity index (χ4v) is 1.83. The summed E-state index contributed by atoms with van der Waals surface area (Å²) in [5.41, 5.74) is 1.47. The van der Waals surface area contributed by atoms with E-state index < -0.39 is 24.1 Å². The highest BCUT2D eigenvalue weighted by Crippen LogP contribution is 2.30. The summed E-state index contributed by atoms with van der Waals surface area (Å²) < 4.78 is 44.9. The van der Waals surface area contributed by atoms with Crippen molar-refractivity contribution in [1.29, 1.82) is 0 Å². The van der Waals surface area contributed by atoms with Crippen LogP contribution >= 0.6 is 11.6 Å². The second-order valence-electron chi connectivity index (χ2n) is 4.43. The Morgan fingerprint density at radius 1 is 1.04 bits per heavy atom. The van der Waals surface area contributed by atoms with Crippen molar-refractivity contribution in [1.82, 2.24) is 0 Å². The molecule has 0 atom stereocenters. The molecule has 25 heavy (non-hydrogen) atoms. The summed E-state index contributed by atoms with van der Waals surface area (Å²) in [5.74, 6) is -3.27. The predicted octanol–water partition coefficient (Wildman–Crippen LogP) is 4.87. The Kier molecular flexibility index (Phi) is 6.75. The summed E-state index contributed by atoms with van der Waals surface area (Å²) in [6, 6.07) is 10.8. The lowest BCUT2D eigenvalue weighted by molar-refractivity contribution is -0.192. The van der Waals surface area contributed by atoms with Crippen molar-refractivity contribution < 1.29 is 37.4 Å². The van der Waals surface area contributed by atoms with E-state index in [0.29, 0.717) is 16.1 Å². The lowest BCUT2D eigenvalue weighted by Gasteiger charge is -2.09. The minimum Gasteiger partial charge on any atom is -0.475 e. The molecule has 0 aliphatic rings. The molecule has 5 nitrogen and oxygen atoms in total. The third-order valence-electron chi connectivity index (χ3n) is 2.60. The Labute approximate surface area is 143 Å². The summed E-state index contributed by atoms with van der Waals surface area (Å²) in [7, 11) is 0. The fraction of sp³-hybridized carbons (Fsp3) is 0.0667. The Balaban J connectivity index is 0.000000381. The standard InChI is InChI=1S/C13H9ClFNO2.C2HF3O2/c14-9-3-1-2-8(6-9)11-5-4-10(15)7-12(11)16-13(17)18;3-2(4,5)1(6)7/h1-7,16H,(H,17,18);(H,6,7). The summed E-state index contributed by atoms with van der Waals surface area (Å²) in [4.78, 5) is 19.6. The van der Waals surface area contributed by atoms with Crippen LogP contribution in [-0.4, -0.2) is 28.5 Å². The number of carboxylic acids is 1. The van der Waals surface area contributed by atoms with Crippen molar-refractivity contribution in [2.24, 2.45) is 0 Å². The minimum atomic E-state index is -5.08. The first-order valence-corrected chi connectivity index (χ1v) is 6.74. The fourth-order valence-electron chi connectivity index (χ4n) is 1.64. The second kappa shape index (κ2) is 8.34. The van der Waals surface area contributed by atoms with E-state index in [-0.39, 0.29) is 5.69 Å². The quantitative estimate of drug-likeness (QED) is 0.650. The van der Waals surface area contributed by atoms with Crippen molar-refractivity contribution in [2.75, 3.05) is 5.32 Å². The van der Waals surface area contributed by atoms with Crippen LogP contribution in [0.4, 0.5) is 28.0 Å². The number of nitrogens with one attached hydrogen (secondary N) is 1. The van der Waals surface area contributed by atoms with Crippen molar-refractivity contribution in [3.05, 3.63) is 53.3 Å². The van der Waals surface area contributed by atoms with Gasteiger partial charge in [0.1, 0.15) is 5.82 Å². The minimum absolute atomic E-state index is 0.185. The molecular weight excluding hydrogens is 370 g/mol. The number of carbonyl (C=O) groups is 2. The molecule has 0 bridgehead atoms. The number of benzene rings is 2. The van der Waals surface area contributed by atoms with Crippen LogP contribution in [0.3, 0.4) is 0 Å². The molecule has 0 aromatic heterocycles. The largest absolute Gasteiger partial charge is 0.490 e. The number of amides is 1. The van der Waals surface area contributed by atoms with Crippen LogP contribution in [-0.2, 0) is 4.79 Å². The van der Waals surface area contributed by atoms with Crippen molar-refractivity contribution in [3.8, 4) is 11.1 Å². The van der Waals surface area contributed by atoms with Crippen molar-refractivity contribution in [2.45, 2.75) is 6.18 Å². The number of rotatable bonds is 2. The topological polar surface area (TPSA) is 86.6 Å². The summed E-state index contributed by atoms with van der Waals surface area (Å²) >= 11 is 5.87. The number of carboxylic acid groups (broad SMARTS) is 2. The van der Waals surface area contributed by atoms with E-state index in [0.717, 1.165) is 6.07 Å². The van der Waals surface area contributed by atoms with Crippen LogP contribution in [0.2, 0.25) is 5.02 Å². The summed E-state index contributed by atoms with van der Waals surface area (Å²) in [5, 5.41) is 18.5. The average Bonchev–Trinajstić information content (AvgIpc) is 2.46. The molecule has 10 heteroatoms. The lowest BCUT2D eigenvalue weighted by atomic mass is 10.0. The van der Waals surface area contributed by atoms with Crippen LogP contribution in [0.1, 0.15) is 0 Å². The molecule has 0 radical (unpaired) electrons. The van der Waals surface area contributed by atoms with E-state index in [1.807, 2.05) is 0 Å². The Hall–Kier alpha value is -2.81. The third-order valence-corrected chi connectivity index (χ3v) is 2.84. The molecule has 0 aliphatic carbocycles. The SMILES string of the molecule is O=C(O)C(F)(F)F.O=C(O)Nc1cc(F)ccc1-c1cccc(Cl)c1. The number of alkyl halides is 3. The van der Waals surface area contributed by atoms with Crippen LogP contribution in [0.15, 0.2) is 42.5 Å². The first-order valence-electron chi connectivity index (χ1n) is 6.36. The van der Waals surface area contributed by atoms with E-state index in [1.54, 1.807) is 24.3 Å². The normalized spacial score (nSPS) is 10.4. The smallest absolute Gasteiger partial charge is 0.475 e. The molecule has 0 saturated heterocycles. The molecule has 3 N–H and O–H groups in total. The van der Waals surface area contributed by atoms with Gasteiger partial charge in [-0.05, 0) is 35.9 Å². The number of halogens is 5. The van der Waals surface area contributed by atoms with Gasteiger partial charge in [-0.25, -0.2) is 14.0 Å². The lowest BCUT2D eigenvalue weighted by Crippen LogP contribution is -2.21. The average molecular weight is 380 g/mol. The van der Waals surface area contributed by atoms with Gasteiger partial charge in [-0.15, -0.1) is 0 Å². The monoisotopic (exact) mass is 379 g/mol. The maximum Gasteiger partial charge on any atom is 0.490 e. The van der Waals surface area contributed by atoms with Gasteiger partial charge in [-0.2, -0.15) is 13.2 Å². The third kappa shape index (κ3) is 6.68. The molecule has 134 valence electrons.